The Labute approximate surface area is 165 Å². The predicted molar refractivity (Wildman–Crippen MR) is 95.7 cm³/mol. The van der Waals surface area contributed by atoms with E-state index in [1.54, 1.807) is 27.7 Å². The molecule has 1 aromatic rings. The van der Waals surface area contributed by atoms with E-state index >= 15 is 0 Å². The van der Waals surface area contributed by atoms with Crippen LogP contribution < -0.4 is 0 Å². The Morgan fingerprint density at radius 2 is 1.64 bits per heavy atom. The quantitative estimate of drug-likeness (QED) is 0.408. The summed E-state index contributed by atoms with van der Waals surface area (Å²) >= 11 is 5.28. The van der Waals surface area contributed by atoms with E-state index < -0.39 is 46.1 Å². The van der Waals surface area contributed by atoms with Crippen molar-refractivity contribution in [2.45, 2.75) is 53.3 Å². The van der Waals surface area contributed by atoms with Crippen LogP contribution in [0.5, 0.6) is 0 Å². The molecule has 1 aliphatic carbocycles. The fourth-order valence-corrected chi connectivity index (χ4v) is 3.75. The van der Waals surface area contributed by atoms with Crippen molar-refractivity contribution in [2.24, 2.45) is 17.3 Å². The van der Waals surface area contributed by atoms with Crippen molar-refractivity contribution < 1.29 is 31.5 Å². The molecule has 0 bridgehead atoms. The van der Waals surface area contributed by atoms with E-state index in [1.807, 2.05) is 0 Å². The second-order valence-electron chi connectivity index (χ2n) is 7.43. The molecule has 1 fully saturated rings. The van der Waals surface area contributed by atoms with Gasteiger partial charge in [-0.25, -0.2) is 8.78 Å². The Balaban J connectivity index is 2.20. The normalized spacial score (nSPS) is 21.6. The number of alkyl halides is 3. The van der Waals surface area contributed by atoms with Crippen LogP contribution in [0.1, 0.15) is 44.4 Å². The Bertz CT molecular complexity index is 771. The highest BCUT2D eigenvalue weighted by molar-refractivity contribution is 6.30. The van der Waals surface area contributed by atoms with Crippen molar-refractivity contribution in [1.82, 2.24) is 0 Å². The lowest BCUT2D eigenvalue weighted by Gasteiger charge is -2.15. The summed E-state index contributed by atoms with van der Waals surface area (Å²) in [5.41, 5.74) is 0.0432. The first-order valence-electron chi connectivity index (χ1n) is 8.95. The number of halogens is 6. The number of esters is 1. The molecule has 0 unspecified atom stereocenters. The number of hydrogen-bond acceptors (Lipinski definition) is 2. The van der Waals surface area contributed by atoms with Gasteiger partial charge in [0.15, 0.2) is 0 Å². The molecular weight excluding hydrogens is 403 g/mol. The third kappa shape index (κ3) is 4.34. The molecule has 0 amide bonds. The van der Waals surface area contributed by atoms with Crippen LogP contribution in [-0.4, -0.2) is 12.1 Å². The minimum absolute atomic E-state index is 0.262. The zero-order valence-corrected chi connectivity index (χ0v) is 16.8. The second-order valence-corrected chi connectivity index (χ2v) is 7.84. The molecule has 8 heteroatoms. The molecule has 28 heavy (non-hydrogen) atoms. The summed E-state index contributed by atoms with van der Waals surface area (Å²) in [4.78, 5) is 12.4. The average molecular weight is 425 g/mol. The number of ether oxygens (including phenoxy) is 1. The molecule has 0 heterocycles. The fourth-order valence-electron chi connectivity index (χ4n) is 3.62. The van der Waals surface area contributed by atoms with Gasteiger partial charge in [0, 0.05) is 11.6 Å². The molecule has 0 radical (unpaired) electrons. The molecule has 0 aliphatic heterocycles. The zero-order chi connectivity index (χ0) is 21.4. The summed E-state index contributed by atoms with van der Waals surface area (Å²) in [5.74, 6) is -3.68. The Morgan fingerprint density at radius 1 is 1.14 bits per heavy atom. The van der Waals surface area contributed by atoms with Gasteiger partial charge in [-0.1, -0.05) is 45.4 Å². The Kier molecular flexibility index (Phi) is 6.48. The molecule has 2 nitrogen and oxygen atoms in total. The number of benzene rings is 1. The maximum Gasteiger partial charge on any atom is 0.426 e. The SMILES string of the molecule is CCc1c(F)cc(F)c(CC)c1COC(=O)[C@@H]1[C@H](/C=C(\Cl)C(F)(F)F)C1(C)C. The van der Waals surface area contributed by atoms with Crippen molar-refractivity contribution in [3.05, 3.63) is 45.5 Å². The third-order valence-electron chi connectivity index (χ3n) is 5.39. The highest BCUT2D eigenvalue weighted by atomic mass is 35.5. The van der Waals surface area contributed by atoms with Crippen LogP contribution in [0.15, 0.2) is 17.2 Å². The molecule has 0 spiro atoms. The molecule has 0 aromatic heterocycles. The summed E-state index contributed by atoms with van der Waals surface area (Å²) in [6, 6.07) is 0.812. The lowest BCUT2D eigenvalue weighted by molar-refractivity contribution is -0.147. The highest BCUT2D eigenvalue weighted by Crippen LogP contribution is 2.60. The van der Waals surface area contributed by atoms with Crippen LogP contribution in [0.25, 0.3) is 0 Å². The van der Waals surface area contributed by atoms with Crippen LogP contribution in [0.2, 0.25) is 0 Å². The molecule has 2 rings (SSSR count). The van der Waals surface area contributed by atoms with E-state index in [1.165, 1.54) is 0 Å². The molecular formula is C20H22ClF5O2. The van der Waals surface area contributed by atoms with Gasteiger partial charge in [-0.15, -0.1) is 0 Å². The number of carbonyl (C=O) groups is 1. The first kappa shape index (κ1) is 22.7. The summed E-state index contributed by atoms with van der Waals surface area (Å²) in [7, 11) is 0. The summed E-state index contributed by atoms with van der Waals surface area (Å²) in [6.07, 6.45) is -3.29. The smallest absolute Gasteiger partial charge is 0.426 e. The summed E-state index contributed by atoms with van der Waals surface area (Å²) in [6.45, 7) is 6.33. The summed E-state index contributed by atoms with van der Waals surface area (Å²) < 4.78 is 71.3. The van der Waals surface area contributed by atoms with Gasteiger partial charge in [0.25, 0.3) is 0 Å². The standard InChI is InChI=1S/C20H22ClF5O2/c1-5-10-12(11(6-2)15(23)8-14(10)22)9-28-18(27)17-13(19(17,3)4)7-16(21)20(24,25)26/h7-8,13,17H,5-6,9H2,1-4H3/b16-7-/t13-,17-/m0/s1. The van der Waals surface area contributed by atoms with Crippen LogP contribution >= 0.6 is 11.6 Å². The number of carbonyl (C=O) groups excluding carboxylic acids is 1. The first-order valence-corrected chi connectivity index (χ1v) is 9.33. The molecule has 0 saturated heterocycles. The molecule has 0 N–H and O–H groups in total. The molecule has 1 aliphatic rings. The van der Waals surface area contributed by atoms with Gasteiger partial charge >= 0.3 is 12.1 Å². The topological polar surface area (TPSA) is 26.3 Å². The van der Waals surface area contributed by atoms with Crippen molar-refractivity contribution in [1.29, 1.82) is 0 Å². The lowest BCUT2D eigenvalue weighted by Crippen LogP contribution is -2.14. The van der Waals surface area contributed by atoms with Crippen LogP contribution in [0, 0.1) is 28.9 Å². The van der Waals surface area contributed by atoms with Crippen LogP contribution in [0.3, 0.4) is 0 Å². The maximum absolute atomic E-state index is 14.1. The van der Waals surface area contributed by atoms with Crippen molar-refractivity contribution in [3.8, 4) is 0 Å². The molecule has 1 aromatic carbocycles. The van der Waals surface area contributed by atoms with E-state index in [4.69, 9.17) is 16.3 Å². The average Bonchev–Trinajstić information content (AvgIpc) is 3.11. The van der Waals surface area contributed by atoms with E-state index in [0.29, 0.717) is 0 Å². The highest BCUT2D eigenvalue weighted by Gasteiger charge is 2.62. The van der Waals surface area contributed by atoms with Gasteiger partial charge in [-0.05, 0) is 35.3 Å². The van der Waals surface area contributed by atoms with Gasteiger partial charge in [0.1, 0.15) is 23.3 Å². The monoisotopic (exact) mass is 424 g/mol. The van der Waals surface area contributed by atoms with Gasteiger partial charge in [-0.2, -0.15) is 13.2 Å². The van der Waals surface area contributed by atoms with E-state index in [9.17, 15) is 26.7 Å². The Morgan fingerprint density at radius 3 is 2.07 bits per heavy atom. The predicted octanol–water partition coefficient (Wildman–Crippen LogP) is 6.09. The largest absolute Gasteiger partial charge is 0.461 e. The van der Waals surface area contributed by atoms with Crippen molar-refractivity contribution >= 4 is 17.6 Å². The van der Waals surface area contributed by atoms with E-state index in [0.717, 1.165) is 12.1 Å². The third-order valence-corrected chi connectivity index (χ3v) is 5.73. The van der Waals surface area contributed by atoms with Gasteiger partial charge in [0.05, 0.1) is 5.92 Å². The van der Waals surface area contributed by atoms with Gasteiger partial charge in [0.2, 0.25) is 0 Å². The molecule has 2 atom stereocenters. The van der Waals surface area contributed by atoms with Crippen LogP contribution in [0.4, 0.5) is 22.0 Å². The van der Waals surface area contributed by atoms with E-state index in [2.05, 4.69) is 0 Å². The molecule has 1 saturated carbocycles. The van der Waals surface area contributed by atoms with Gasteiger partial charge in [-0.3, -0.25) is 4.79 Å². The van der Waals surface area contributed by atoms with Crippen molar-refractivity contribution in [3.63, 3.8) is 0 Å². The van der Waals surface area contributed by atoms with E-state index in [-0.39, 0.29) is 36.1 Å². The minimum atomic E-state index is -4.68. The second kappa shape index (κ2) is 8.01. The number of hydrogen-bond donors (Lipinski definition) is 0. The maximum atomic E-state index is 14.1. The summed E-state index contributed by atoms with van der Waals surface area (Å²) in [5, 5.41) is -1.28. The fraction of sp³-hybridized carbons (Fsp3) is 0.550. The molecule has 156 valence electrons. The lowest BCUT2D eigenvalue weighted by atomic mass is 9.97. The first-order chi connectivity index (χ1) is 12.9. The number of rotatable bonds is 6. The number of allylic oxidation sites excluding steroid dienone is 2. The zero-order valence-electron chi connectivity index (χ0n) is 16.0. The van der Waals surface area contributed by atoms with Crippen molar-refractivity contribution in [2.75, 3.05) is 0 Å². The van der Waals surface area contributed by atoms with Gasteiger partial charge < -0.3 is 4.74 Å². The Hall–Kier alpha value is -1.63. The minimum Gasteiger partial charge on any atom is -0.461 e. The van der Waals surface area contributed by atoms with Crippen LogP contribution in [-0.2, 0) is 29.0 Å².